The highest BCUT2D eigenvalue weighted by atomic mass is 79.9. The lowest BCUT2D eigenvalue weighted by atomic mass is 9.83. The van der Waals surface area contributed by atoms with E-state index in [1.165, 1.54) is 26.2 Å². The molecule has 1 atom stereocenters. The van der Waals surface area contributed by atoms with Crippen LogP contribution in [0.25, 0.3) is 0 Å². The van der Waals surface area contributed by atoms with Gasteiger partial charge in [-0.1, -0.05) is 22.4 Å². The summed E-state index contributed by atoms with van der Waals surface area (Å²) in [5.74, 6) is 0.130. The second-order valence-electron chi connectivity index (χ2n) is 4.47. The predicted molar refractivity (Wildman–Crippen MR) is 63.4 cm³/mol. The van der Waals surface area contributed by atoms with E-state index in [-0.39, 0.29) is 10.4 Å². The van der Waals surface area contributed by atoms with E-state index in [1.807, 2.05) is 0 Å². The number of hydrogen-bond donors (Lipinski definition) is 0. The van der Waals surface area contributed by atoms with Gasteiger partial charge in [0.1, 0.15) is 5.60 Å². The maximum Gasteiger partial charge on any atom is 0.332 e. The molecule has 0 aromatic carbocycles. The summed E-state index contributed by atoms with van der Waals surface area (Å²) in [5, 5.41) is 3.74. The molecule has 1 spiro atoms. The van der Waals surface area contributed by atoms with Gasteiger partial charge >= 0.3 is 5.97 Å². The zero-order chi connectivity index (χ0) is 11.6. The zero-order valence-corrected chi connectivity index (χ0v) is 11.0. The Labute approximate surface area is 103 Å². The Hall–Kier alpha value is -0.580. The van der Waals surface area contributed by atoms with Crippen molar-refractivity contribution in [3.05, 3.63) is 0 Å². The first-order chi connectivity index (χ1) is 7.62. The molecule has 1 aliphatic heterocycles. The van der Waals surface area contributed by atoms with Gasteiger partial charge in [-0.2, -0.15) is 0 Å². The van der Waals surface area contributed by atoms with Crippen molar-refractivity contribution < 1.29 is 14.4 Å². The molecule has 1 saturated heterocycles. The maximum atomic E-state index is 10.7. The molecule has 16 heavy (non-hydrogen) atoms. The van der Waals surface area contributed by atoms with Crippen LogP contribution in [0.3, 0.4) is 0 Å². The number of halogens is 1. The van der Waals surface area contributed by atoms with Gasteiger partial charge in [0.2, 0.25) is 5.90 Å². The second kappa shape index (κ2) is 4.73. The van der Waals surface area contributed by atoms with Crippen molar-refractivity contribution in [2.75, 3.05) is 0 Å². The molecular weight excluding hydrogens is 274 g/mol. The summed E-state index contributed by atoms with van der Waals surface area (Å²) in [4.78, 5) is 15.6. The highest BCUT2D eigenvalue weighted by Crippen LogP contribution is 2.43. The van der Waals surface area contributed by atoms with Crippen LogP contribution in [0.5, 0.6) is 0 Å². The topological polar surface area (TPSA) is 47.9 Å². The number of carbonyl (C=O) groups is 1. The lowest BCUT2D eigenvalue weighted by Crippen LogP contribution is -2.38. The van der Waals surface area contributed by atoms with Gasteiger partial charge < -0.3 is 9.57 Å². The van der Waals surface area contributed by atoms with Crippen LogP contribution < -0.4 is 0 Å². The average Bonchev–Trinajstić information content (AvgIpc) is 2.54. The third-order valence-corrected chi connectivity index (χ3v) is 4.38. The summed E-state index contributed by atoms with van der Waals surface area (Å²) < 4.78 is 5.88. The van der Waals surface area contributed by atoms with Crippen molar-refractivity contribution in [2.45, 2.75) is 55.9 Å². The summed E-state index contributed by atoms with van der Waals surface area (Å²) in [5.41, 5.74) is -0.114. The SMILES string of the molecule is CC(=O)O/N=C1/CC(Br)C2(CCCCC2)O1. The number of rotatable bonds is 1. The lowest BCUT2D eigenvalue weighted by Gasteiger charge is -2.34. The molecule has 4 nitrogen and oxygen atoms in total. The number of alkyl halides is 1. The van der Waals surface area contributed by atoms with Crippen LogP contribution in [0.15, 0.2) is 5.16 Å². The summed E-state index contributed by atoms with van der Waals surface area (Å²) in [7, 11) is 0. The van der Waals surface area contributed by atoms with Gasteiger partial charge in [-0.15, -0.1) is 0 Å². The van der Waals surface area contributed by atoms with Crippen LogP contribution >= 0.6 is 15.9 Å². The van der Waals surface area contributed by atoms with Gasteiger partial charge in [-0.25, -0.2) is 4.79 Å². The number of carbonyl (C=O) groups excluding carboxylic acids is 1. The summed E-state index contributed by atoms with van der Waals surface area (Å²) in [6.07, 6.45) is 6.49. The molecule has 2 fully saturated rings. The average molecular weight is 290 g/mol. The molecule has 1 saturated carbocycles. The van der Waals surface area contributed by atoms with E-state index in [0.717, 1.165) is 12.8 Å². The van der Waals surface area contributed by atoms with Crippen LogP contribution in [0.1, 0.15) is 45.4 Å². The molecule has 5 heteroatoms. The number of oxime groups is 1. The number of ether oxygens (including phenoxy) is 1. The van der Waals surface area contributed by atoms with Gasteiger partial charge in [0.15, 0.2) is 0 Å². The predicted octanol–water partition coefficient (Wildman–Crippen LogP) is 2.75. The molecular formula is C11H16BrNO3. The third-order valence-electron chi connectivity index (χ3n) is 3.22. The van der Waals surface area contributed by atoms with Crippen molar-refractivity contribution in [1.82, 2.24) is 0 Å². The highest BCUT2D eigenvalue weighted by molar-refractivity contribution is 9.09. The first-order valence-corrected chi connectivity index (χ1v) is 6.61. The minimum atomic E-state index is -0.410. The van der Waals surface area contributed by atoms with Crippen LogP contribution in [0.4, 0.5) is 0 Å². The van der Waals surface area contributed by atoms with Crippen LogP contribution in [0, 0.1) is 0 Å². The Morgan fingerprint density at radius 1 is 1.50 bits per heavy atom. The Morgan fingerprint density at radius 2 is 2.19 bits per heavy atom. The quantitative estimate of drug-likeness (QED) is 0.424. The molecule has 2 rings (SSSR count). The van der Waals surface area contributed by atoms with Crippen molar-refractivity contribution >= 4 is 27.8 Å². The van der Waals surface area contributed by atoms with E-state index in [9.17, 15) is 4.79 Å². The van der Waals surface area contributed by atoms with Gasteiger partial charge in [-0.05, 0) is 30.8 Å². The van der Waals surface area contributed by atoms with Crippen molar-refractivity contribution in [1.29, 1.82) is 0 Å². The fourth-order valence-corrected chi connectivity index (χ4v) is 3.24. The Kier molecular flexibility index (Phi) is 3.52. The van der Waals surface area contributed by atoms with E-state index in [0.29, 0.717) is 12.3 Å². The molecule has 1 aliphatic carbocycles. The lowest BCUT2D eigenvalue weighted by molar-refractivity contribution is -0.141. The summed E-state index contributed by atoms with van der Waals surface area (Å²) in [6, 6.07) is 0. The highest BCUT2D eigenvalue weighted by Gasteiger charge is 2.47. The van der Waals surface area contributed by atoms with E-state index < -0.39 is 5.97 Å². The molecule has 0 radical (unpaired) electrons. The fraction of sp³-hybridized carbons (Fsp3) is 0.818. The zero-order valence-electron chi connectivity index (χ0n) is 9.37. The number of hydrogen-bond acceptors (Lipinski definition) is 4. The first kappa shape index (κ1) is 11.9. The van der Waals surface area contributed by atoms with Crippen molar-refractivity contribution in [2.24, 2.45) is 5.16 Å². The minimum absolute atomic E-state index is 0.114. The van der Waals surface area contributed by atoms with E-state index in [4.69, 9.17) is 4.74 Å². The van der Waals surface area contributed by atoms with Gasteiger partial charge in [0.25, 0.3) is 0 Å². The molecule has 0 bridgehead atoms. The maximum absolute atomic E-state index is 10.7. The molecule has 0 aromatic heterocycles. The monoisotopic (exact) mass is 289 g/mol. The molecule has 0 amide bonds. The largest absolute Gasteiger partial charge is 0.471 e. The second-order valence-corrected chi connectivity index (χ2v) is 5.57. The van der Waals surface area contributed by atoms with E-state index >= 15 is 0 Å². The molecule has 0 N–H and O–H groups in total. The van der Waals surface area contributed by atoms with Crippen molar-refractivity contribution in [3.63, 3.8) is 0 Å². The molecule has 1 unspecified atom stereocenters. The van der Waals surface area contributed by atoms with Gasteiger partial charge in [0, 0.05) is 13.3 Å². The van der Waals surface area contributed by atoms with Crippen molar-refractivity contribution in [3.8, 4) is 0 Å². The first-order valence-electron chi connectivity index (χ1n) is 5.70. The Morgan fingerprint density at radius 3 is 2.81 bits per heavy atom. The van der Waals surface area contributed by atoms with Gasteiger partial charge in [0.05, 0.1) is 4.83 Å². The molecule has 90 valence electrons. The summed E-state index contributed by atoms with van der Waals surface area (Å²) >= 11 is 3.66. The van der Waals surface area contributed by atoms with E-state index in [2.05, 4.69) is 25.9 Å². The Bertz CT molecular complexity index is 310. The fourth-order valence-electron chi connectivity index (χ4n) is 2.42. The molecule has 0 aromatic rings. The van der Waals surface area contributed by atoms with E-state index in [1.54, 1.807) is 0 Å². The normalized spacial score (nSPS) is 30.4. The minimum Gasteiger partial charge on any atom is -0.471 e. The van der Waals surface area contributed by atoms with Crippen LogP contribution in [0.2, 0.25) is 0 Å². The smallest absolute Gasteiger partial charge is 0.332 e. The summed E-state index contributed by atoms with van der Waals surface area (Å²) in [6.45, 7) is 1.33. The molecule has 1 heterocycles. The van der Waals surface area contributed by atoms with Gasteiger partial charge in [-0.3, -0.25) is 0 Å². The standard InChI is InChI=1S/C11H16BrNO3/c1-8(14)16-13-10-7-9(12)11(15-10)5-3-2-4-6-11/h9H,2-7H2,1H3/b13-10-. The third kappa shape index (κ3) is 2.39. The number of nitrogens with zero attached hydrogens (tertiary/aromatic N) is 1. The molecule has 2 aliphatic rings. The van der Waals surface area contributed by atoms with Crippen LogP contribution in [-0.2, 0) is 14.4 Å². The van der Waals surface area contributed by atoms with Crippen LogP contribution in [-0.4, -0.2) is 22.3 Å². The Balaban J connectivity index is 2.03.